The van der Waals surface area contributed by atoms with Crippen molar-refractivity contribution in [2.75, 3.05) is 12.9 Å². The van der Waals surface area contributed by atoms with E-state index < -0.39 is 11.9 Å². The molecule has 1 aliphatic rings. The third-order valence-corrected chi connectivity index (χ3v) is 4.30. The fourth-order valence-corrected chi connectivity index (χ4v) is 3.19. The summed E-state index contributed by atoms with van der Waals surface area (Å²) < 4.78 is 5.16. The molecule has 6 heteroatoms. The molecule has 1 aromatic rings. The van der Waals surface area contributed by atoms with E-state index in [9.17, 15) is 15.2 Å². The lowest BCUT2D eigenvalue weighted by atomic mass is 9.82. The van der Waals surface area contributed by atoms with E-state index in [4.69, 9.17) is 4.74 Å². The molecule has 0 fully saturated rings. The summed E-state index contributed by atoms with van der Waals surface area (Å²) in [6.07, 6.45) is 1.87. The van der Waals surface area contributed by atoms with E-state index in [1.54, 1.807) is 38.1 Å². The molecule has 120 valence electrons. The second-order valence-corrected chi connectivity index (χ2v) is 5.78. The number of dihydropyridines is 1. The average molecular weight is 330 g/mol. The van der Waals surface area contributed by atoms with Crippen LogP contribution in [-0.4, -0.2) is 23.9 Å². The molecule has 0 aliphatic carbocycles. The Labute approximate surface area is 139 Å². The molecule has 1 unspecified atom stereocenters. The van der Waals surface area contributed by atoms with Gasteiger partial charge in [-0.05, 0) is 37.8 Å². The van der Waals surface area contributed by atoms with Crippen molar-refractivity contribution in [2.24, 2.45) is 0 Å². The number of nitriles is 1. The number of thioether (sulfide) groups is 1. The van der Waals surface area contributed by atoms with Gasteiger partial charge in [-0.1, -0.05) is 12.1 Å². The highest BCUT2D eigenvalue weighted by Gasteiger charge is 2.35. The number of hydrogen-bond donors (Lipinski definition) is 2. The van der Waals surface area contributed by atoms with Gasteiger partial charge in [0.2, 0.25) is 0 Å². The molecule has 0 saturated heterocycles. The Kier molecular flexibility index (Phi) is 5.35. The third kappa shape index (κ3) is 3.35. The standard InChI is InChI=1S/C17H18N2O3S/c1-4-22-17(21)14-10(2)19-16(23-3)13(9-18)15(14)11-5-7-12(20)8-6-11/h5-8,15,19-20H,4H2,1-3H3. The van der Waals surface area contributed by atoms with Crippen molar-refractivity contribution in [1.29, 1.82) is 5.26 Å². The van der Waals surface area contributed by atoms with Crippen LogP contribution in [0.5, 0.6) is 5.75 Å². The Balaban J connectivity index is 2.61. The highest BCUT2D eigenvalue weighted by molar-refractivity contribution is 8.02. The highest BCUT2D eigenvalue weighted by atomic mass is 32.2. The summed E-state index contributed by atoms with van der Waals surface area (Å²) in [6, 6.07) is 8.73. The minimum Gasteiger partial charge on any atom is -0.508 e. The molecule has 0 radical (unpaired) electrons. The van der Waals surface area contributed by atoms with E-state index in [0.29, 0.717) is 16.8 Å². The van der Waals surface area contributed by atoms with E-state index in [-0.39, 0.29) is 12.4 Å². The van der Waals surface area contributed by atoms with Crippen LogP contribution in [0, 0.1) is 11.3 Å². The number of esters is 1. The molecule has 1 atom stereocenters. The maximum absolute atomic E-state index is 12.4. The lowest BCUT2D eigenvalue weighted by Crippen LogP contribution is -2.28. The highest BCUT2D eigenvalue weighted by Crippen LogP contribution is 2.40. The molecule has 1 aliphatic heterocycles. The predicted molar refractivity (Wildman–Crippen MR) is 89.5 cm³/mol. The minimum absolute atomic E-state index is 0.133. The number of carbonyl (C=O) groups is 1. The number of carbonyl (C=O) groups excluding carboxylic acids is 1. The first-order valence-corrected chi connectivity index (χ1v) is 8.38. The van der Waals surface area contributed by atoms with Crippen molar-refractivity contribution < 1.29 is 14.6 Å². The molecule has 5 nitrogen and oxygen atoms in total. The third-order valence-electron chi connectivity index (χ3n) is 3.57. The van der Waals surface area contributed by atoms with Crippen molar-refractivity contribution >= 4 is 17.7 Å². The van der Waals surface area contributed by atoms with Crippen LogP contribution >= 0.6 is 11.8 Å². The lowest BCUT2D eigenvalue weighted by molar-refractivity contribution is -0.138. The number of benzene rings is 1. The van der Waals surface area contributed by atoms with Crippen LogP contribution in [0.15, 0.2) is 46.1 Å². The SMILES string of the molecule is CCOC(=O)C1=C(C)NC(SC)=C(C#N)C1c1ccc(O)cc1. The molecule has 0 amide bonds. The number of phenols is 1. The van der Waals surface area contributed by atoms with Gasteiger partial charge in [-0.25, -0.2) is 4.79 Å². The average Bonchev–Trinajstić information content (AvgIpc) is 2.54. The summed E-state index contributed by atoms with van der Waals surface area (Å²) in [5, 5.41) is 22.9. The van der Waals surface area contributed by atoms with Crippen LogP contribution in [-0.2, 0) is 9.53 Å². The molecule has 23 heavy (non-hydrogen) atoms. The number of nitrogens with one attached hydrogen (secondary N) is 1. The smallest absolute Gasteiger partial charge is 0.336 e. The van der Waals surface area contributed by atoms with E-state index in [2.05, 4.69) is 11.4 Å². The quantitative estimate of drug-likeness (QED) is 0.826. The van der Waals surface area contributed by atoms with Crippen molar-refractivity contribution in [3.8, 4) is 11.8 Å². The Bertz CT molecular complexity index is 714. The summed E-state index contributed by atoms with van der Waals surface area (Å²) in [5.74, 6) is -0.819. The Hall–Kier alpha value is -2.39. The largest absolute Gasteiger partial charge is 0.508 e. The zero-order valence-corrected chi connectivity index (χ0v) is 14.0. The van der Waals surface area contributed by atoms with E-state index in [1.807, 2.05) is 6.26 Å². The number of phenolic OH excluding ortho intramolecular Hbond substituents is 1. The Morgan fingerprint density at radius 1 is 1.43 bits per heavy atom. The topological polar surface area (TPSA) is 82.3 Å². The molecule has 0 saturated carbocycles. The zero-order chi connectivity index (χ0) is 17.0. The normalized spacial score (nSPS) is 17.6. The summed E-state index contributed by atoms with van der Waals surface area (Å²) in [5.41, 5.74) is 2.32. The second-order valence-electron chi connectivity index (χ2n) is 4.97. The number of ether oxygens (including phenoxy) is 1. The van der Waals surface area contributed by atoms with Gasteiger partial charge in [-0.2, -0.15) is 5.26 Å². The molecule has 0 bridgehead atoms. The van der Waals surface area contributed by atoms with Crippen LogP contribution in [0.1, 0.15) is 25.3 Å². The van der Waals surface area contributed by atoms with Crippen molar-refractivity contribution in [3.63, 3.8) is 0 Å². The molecule has 1 aromatic carbocycles. The molecule has 0 aromatic heterocycles. The maximum Gasteiger partial charge on any atom is 0.336 e. The lowest BCUT2D eigenvalue weighted by Gasteiger charge is -2.28. The number of aromatic hydroxyl groups is 1. The van der Waals surface area contributed by atoms with Gasteiger partial charge in [-0.15, -0.1) is 11.8 Å². The zero-order valence-electron chi connectivity index (χ0n) is 13.2. The summed E-state index contributed by atoms with van der Waals surface area (Å²) in [4.78, 5) is 12.4. The van der Waals surface area contributed by atoms with Gasteiger partial charge in [0.25, 0.3) is 0 Å². The summed E-state index contributed by atoms with van der Waals surface area (Å²) in [7, 11) is 0. The van der Waals surface area contributed by atoms with Gasteiger partial charge in [0.1, 0.15) is 5.75 Å². The van der Waals surface area contributed by atoms with E-state index in [0.717, 1.165) is 10.6 Å². The summed E-state index contributed by atoms with van der Waals surface area (Å²) >= 11 is 1.42. The van der Waals surface area contributed by atoms with Gasteiger partial charge in [0.15, 0.2) is 0 Å². The van der Waals surface area contributed by atoms with Crippen LogP contribution in [0.4, 0.5) is 0 Å². The summed E-state index contributed by atoms with van der Waals surface area (Å²) in [6.45, 7) is 3.80. The molecule has 2 rings (SSSR count). The fourth-order valence-electron chi connectivity index (χ4n) is 2.55. The first-order valence-electron chi connectivity index (χ1n) is 7.15. The molecular weight excluding hydrogens is 312 g/mol. The Morgan fingerprint density at radius 3 is 2.61 bits per heavy atom. The molecular formula is C17H18N2O3S. The van der Waals surface area contributed by atoms with E-state index in [1.165, 1.54) is 11.8 Å². The first-order chi connectivity index (χ1) is 11.0. The number of hydrogen-bond acceptors (Lipinski definition) is 6. The molecule has 0 spiro atoms. The number of allylic oxidation sites excluding steroid dienone is 2. The minimum atomic E-state index is -0.511. The maximum atomic E-state index is 12.4. The second kappa shape index (κ2) is 7.25. The monoisotopic (exact) mass is 330 g/mol. The van der Waals surface area contributed by atoms with Gasteiger partial charge >= 0.3 is 5.97 Å². The van der Waals surface area contributed by atoms with Crippen LogP contribution < -0.4 is 5.32 Å². The van der Waals surface area contributed by atoms with Gasteiger partial charge in [0.05, 0.1) is 34.8 Å². The number of nitrogens with zero attached hydrogens (tertiary/aromatic N) is 1. The van der Waals surface area contributed by atoms with Crippen LogP contribution in [0.3, 0.4) is 0 Å². The molecule has 1 heterocycles. The van der Waals surface area contributed by atoms with Crippen molar-refractivity contribution in [3.05, 3.63) is 51.7 Å². The van der Waals surface area contributed by atoms with Crippen molar-refractivity contribution in [2.45, 2.75) is 19.8 Å². The van der Waals surface area contributed by atoms with Gasteiger partial charge < -0.3 is 15.2 Å². The molecule has 2 N–H and O–H groups in total. The van der Waals surface area contributed by atoms with Crippen molar-refractivity contribution in [1.82, 2.24) is 5.32 Å². The van der Waals surface area contributed by atoms with Crippen LogP contribution in [0.25, 0.3) is 0 Å². The number of rotatable bonds is 4. The van der Waals surface area contributed by atoms with Gasteiger partial charge in [0, 0.05) is 5.70 Å². The van der Waals surface area contributed by atoms with Gasteiger partial charge in [-0.3, -0.25) is 0 Å². The van der Waals surface area contributed by atoms with Crippen LogP contribution in [0.2, 0.25) is 0 Å². The van der Waals surface area contributed by atoms with E-state index >= 15 is 0 Å². The Morgan fingerprint density at radius 2 is 2.09 bits per heavy atom. The first kappa shape index (κ1) is 17.0. The fraction of sp³-hybridized carbons (Fsp3) is 0.294. The predicted octanol–water partition coefficient (Wildman–Crippen LogP) is 3.01.